The van der Waals surface area contributed by atoms with Crippen molar-refractivity contribution in [2.24, 2.45) is 5.92 Å². The first-order valence-corrected chi connectivity index (χ1v) is 12.0. The molecule has 0 saturated carbocycles. The smallest absolute Gasteiger partial charge is 0.240 e. The largest absolute Gasteiger partial charge is 0.324 e. The molecule has 0 bridgehead atoms. The first-order valence-electron chi connectivity index (χ1n) is 9.76. The normalized spacial score (nSPS) is 17.6. The minimum atomic E-state index is -3.54. The van der Waals surface area contributed by atoms with Gasteiger partial charge < -0.3 is 5.32 Å². The van der Waals surface area contributed by atoms with Gasteiger partial charge in [-0.3, -0.25) is 9.69 Å². The molecule has 0 aromatic heterocycles. The van der Waals surface area contributed by atoms with Gasteiger partial charge in [-0.15, -0.1) is 0 Å². The third-order valence-corrected chi connectivity index (χ3v) is 7.07. The van der Waals surface area contributed by atoms with Crippen molar-refractivity contribution in [3.05, 3.63) is 58.1 Å². The van der Waals surface area contributed by atoms with Crippen molar-refractivity contribution in [1.29, 1.82) is 0 Å². The Morgan fingerprint density at radius 2 is 1.90 bits per heavy atom. The number of anilines is 1. The molecule has 1 saturated heterocycles. The highest BCUT2D eigenvalue weighted by Gasteiger charge is 2.24. The number of carbonyl (C=O) groups is 1. The van der Waals surface area contributed by atoms with E-state index in [-0.39, 0.29) is 23.3 Å². The minimum Gasteiger partial charge on any atom is -0.324 e. The Bertz CT molecular complexity index is 997. The van der Waals surface area contributed by atoms with E-state index in [0.29, 0.717) is 28.8 Å². The zero-order valence-corrected chi connectivity index (χ0v) is 19.0. The van der Waals surface area contributed by atoms with E-state index in [2.05, 4.69) is 10.0 Å². The van der Waals surface area contributed by atoms with Crippen LogP contribution in [0.1, 0.15) is 18.4 Å². The van der Waals surface area contributed by atoms with Crippen molar-refractivity contribution in [2.75, 3.05) is 31.5 Å². The Morgan fingerprint density at radius 3 is 2.63 bits per heavy atom. The van der Waals surface area contributed by atoms with Crippen LogP contribution in [-0.2, 0) is 14.8 Å². The lowest BCUT2D eigenvalue weighted by Crippen LogP contribution is -2.43. The van der Waals surface area contributed by atoms with Gasteiger partial charge in [0.25, 0.3) is 0 Å². The first kappa shape index (κ1) is 23.0. The van der Waals surface area contributed by atoms with E-state index >= 15 is 0 Å². The van der Waals surface area contributed by atoms with Gasteiger partial charge in [-0.1, -0.05) is 40.9 Å². The molecule has 1 fully saturated rings. The molecular weight excluding hydrogens is 445 g/mol. The summed E-state index contributed by atoms with van der Waals surface area (Å²) in [5.41, 5.74) is 1.49. The molecule has 162 valence electrons. The van der Waals surface area contributed by atoms with E-state index in [0.717, 1.165) is 24.9 Å². The summed E-state index contributed by atoms with van der Waals surface area (Å²) in [5.74, 6) is -0.0402. The number of carbonyl (C=O) groups excluding carboxylic acids is 1. The fourth-order valence-corrected chi connectivity index (χ4v) is 4.93. The number of rotatable bonds is 7. The van der Waals surface area contributed by atoms with Crippen LogP contribution in [-0.4, -0.2) is 45.4 Å². The Labute approximate surface area is 187 Å². The quantitative estimate of drug-likeness (QED) is 0.643. The van der Waals surface area contributed by atoms with E-state index in [1.807, 2.05) is 11.8 Å². The molecule has 0 radical (unpaired) electrons. The van der Waals surface area contributed by atoms with Crippen LogP contribution in [0, 0.1) is 12.8 Å². The average Bonchev–Trinajstić information content (AvgIpc) is 2.70. The van der Waals surface area contributed by atoms with Gasteiger partial charge in [0.05, 0.1) is 22.2 Å². The van der Waals surface area contributed by atoms with E-state index in [1.54, 1.807) is 42.5 Å². The number of nitrogens with one attached hydrogen (secondary N) is 2. The van der Waals surface area contributed by atoms with Crippen LogP contribution >= 0.6 is 23.2 Å². The number of nitrogens with zero attached hydrogens (tertiary/aromatic N) is 1. The molecule has 1 amide bonds. The number of piperidine rings is 1. The molecule has 1 atom stereocenters. The van der Waals surface area contributed by atoms with Gasteiger partial charge in [-0.25, -0.2) is 13.1 Å². The van der Waals surface area contributed by atoms with Crippen LogP contribution in [0.15, 0.2) is 47.4 Å². The van der Waals surface area contributed by atoms with Crippen molar-refractivity contribution < 1.29 is 13.2 Å². The highest BCUT2D eigenvalue weighted by molar-refractivity contribution is 7.89. The van der Waals surface area contributed by atoms with Gasteiger partial charge in [0.2, 0.25) is 15.9 Å². The van der Waals surface area contributed by atoms with Crippen molar-refractivity contribution in [3.63, 3.8) is 0 Å². The number of aryl methyl sites for hydroxylation is 1. The second kappa shape index (κ2) is 10.1. The lowest BCUT2D eigenvalue weighted by molar-refractivity contribution is -0.117. The molecule has 1 heterocycles. The highest BCUT2D eigenvalue weighted by atomic mass is 35.5. The van der Waals surface area contributed by atoms with E-state index in [1.165, 1.54) is 0 Å². The number of amides is 1. The zero-order chi connectivity index (χ0) is 21.7. The monoisotopic (exact) mass is 469 g/mol. The first-order chi connectivity index (χ1) is 14.2. The van der Waals surface area contributed by atoms with Crippen molar-refractivity contribution in [3.8, 4) is 0 Å². The topological polar surface area (TPSA) is 78.5 Å². The molecule has 2 N–H and O–H groups in total. The third-order valence-electron chi connectivity index (χ3n) is 5.07. The third kappa shape index (κ3) is 6.43. The number of sulfonamides is 1. The number of halogens is 2. The summed E-state index contributed by atoms with van der Waals surface area (Å²) in [5, 5.41) is 3.71. The Hall–Kier alpha value is -1.64. The maximum Gasteiger partial charge on any atom is 0.240 e. The fraction of sp³-hybridized carbons (Fsp3) is 0.381. The maximum absolute atomic E-state index is 12.5. The second-order valence-electron chi connectivity index (χ2n) is 7.58. The summed E-state index contributed by atoms with van der Waals surface area (Å²) in [6, 6.07) is 11.7. The highest BCUT2D eigenvalue weighted by Crippen LogP contribution is 2.25. The zero-order valence-electron chi connectivity index (χ0n) is 16.7. The standard InChI is InChI=1S/C21H25Cl2N3O3S/c1-15-4-7-18(8-5-15)30(28,29)24-12-16-3-2-10-26(13-16)14-21(27)25-20-11-17(22)6-9-19(20)23/h4-9,11,16,24H,2-3,10,12-14H2,1H3,(H,25,27). The Balaban J connectivity index is 1.52. The summed E-state index contributed by atoms with van der Waals surface area (Å²) >= 11 is 12.1. The Morgan fingerprint density at radius 1 is 1.17 bits per heavy atom. The molecule has 6 nitrogen and oxygen atoms in total. The van der Waals surface area contributed by atoms with Crippen LogP contribution in [0.25, 0.3) is 0 Å². The molecule has 1 unspecified atom stereocenters. The summed E-state index contributed by atoms with van der Waals surface area (Å²) in [4.78, 5) is 14.7. The van der Waals surface area contributed by atoms with Crippen LogP contribution in [0.4, 0.5) is 5.69 Å². The van der Waals surface area contributed by atoms with Gasteiger partial charge >= 0.3 is 0 Å². The molecule has 9 heteroatoms. The lowest BCUT2D eigenvalue weighted by Gasteiger charge is -2.32. The molecule has 1 aliphatic heterocycles. The van der Waals surface area contributed by atoms with Gasteiger partial charge in [-0.2, -0.15) is 0 Å². The van der Waals surface area contributed by atoms with E-state index in [9.17, 15) is 13.2 Å². The number of benzene rings is 2. The fourth-order valence-electron chi connectivity index (χ4n) is 3.48. The van der Waals surface area contributed by atoms with Gasteiger partial charge in [0.1, 0.15) is 0 Å². The molecule has 30 heavy (non-hydrogen) atoms. The molecule has 1 aliphatic rings. The molecule has 3 rings (SSSR count). The minimum absolute atomic E-state index is 0.140. The number of hydrogen-bond donors (Lipinski definition) is 2. The predicted molar refractivity (Wildman–Crippen MR) is 121 cm³/mol. The van der Waals surface area contributed by atoms with Gasteiger partial charge in [0, 0.05) is 18.1 Å². The van der Waals surface area contributed by atoms with Crippen LogP contribution < -0.4 is 10.0 Å². The Kier molecular flexibility index (Phi) is 7.76. The number of hydrogen-bond acceptors (Lipinski definition) is 4. The van der Waals surface area contributed by atoms with Crippen LogP contribution in [0.5, 0.6) is 0 Å². The van der Waals surface area contributed by atoms with E-state index < -0.39 is 10.0 Å². The van der Waals surface area contributed by atoms with E-state index in [4.69, 9.17) is 23.2 Å². The lowest BCUT2D eigenvalue weighted by atomic mass is 9.98. The van der Waals surface area contributed by atoms with Crippen molar-refractivity contribution in [1.82, 2.24) is 9.62 Å². The second-order valence-corrected chi connectivity index (χ2v) is 10.2. The molecule has 2 aromatic carbocycles. The summed E-state index contributed by atoms with van der Waals surface area (Å²) in [7, 11) is -3.54. The summed E-state index contributed by atoms with van der Waals surface area (Å²) < 4.78 is 27.7. The van der Waals surface area contributed by atoms with Crippen molar-refractivity contribution >= 4 is 44.8 Å². The van der Waals surface area contributed by atoms with Gasteiger partial charge in [0.15, 0.2) is 0 Å². The predicted octanol–water partition coefficient (Wildman–Crippen LogP) is 3.93. The van der Waals surface area contributed by atoms with Crippen LogP contribution in [0.2, 0.25) is 10.0 Å². The maximum atomic E-state index is 12.5. The molecule has 0 spiro atoms. The molecule has 0 aliphatic carbocycles. The SMILES string of the molecule is Cc1ccc(S(=O)(=O)NCC2CCCN(CC(=O)Nc3cc(Cl)ccc3Cl)C2)cc1. The molecule has 2 aromatic rings. The summed E-state index contributed by atoms with van der Waals surface area (Å²) in [6.45, 7) is 3.90. The van der Waals surface area contributed by atoms with Crippen molar-refractivity contribution in [2.45, 2.75) is 24.7 Å². The molecular formula is C21H25Cl2N3O3S. The summed E-state index contributed by atoms with van der Waals surface area (Å²) in [6.07, 6.45) is 1.82. The van der Waals surface area contributed by atoms with Crippen LogP contribution in [0.3, 0.4) is 0 Å². The average molecular weight is 470 g/mol. The van der Waals surface area contributed by atoms with Gasteiger partial charge in [-0.05, 0) is 62.6 Å². The number of likely N-dealkylation sites (tertiary alicyclic amines) is 1.